The summed E-state index contributed by atoms with van der Waals surface area (Å²) in [6, 6.07) is 5.23. The number of hydrogen-bond acceptors (Lipinski definition) is 7. The monoisotopic (exact) mass is 379 g/mol. The van der Waals surface area contributed by atoms with E-state index in [9.17, 15) is 22.8 Å². The molecule has 1 fully saturated rings. The smallest absolute Gasteiger partial charge is 0.331 e. The van der Waals surface area contributed by atoms with E-state index >= 15 is 0 Å². The zero-order valence-electron chi connectivity index (χ0n) is 14.0. The summed E-state index contributed by atoms with van der Waals surface area (Å²) in [5, 5.41) is 0. The van der Waals surface area contributed by atoms with E-state index in [1.165, 1.54) is 13.0 Å². The first kappa shape index (κ1) is 18.1. The molecule has 1 N–H and O–H groups in total. The lowest BCUT2D eigenvalue weighted by Crippen LogP contribution is -2.36. The van der Waals surface area contributed by atoms with Gasteiger partial charge in [0.2, 0.25) is 5.91 Å². The van der Waals surface area contributed by atoms with Crippen LogP contribution in [0.5, 0.6) is 0 Å². The number of carbonyl (C=O) groups excluding carboxylic acids is 3. The molecule has 2 heterocycles. The van der Waals surface area contributed by atoms with Gasteiger partial charge in [0.05, 0.1) is 4.90 Å². The average molecular weight is 379 g/mol. The largest absolute Gasteiger partial charge is 0.454 e. The Kier molecular flexibility index (Phi) is 4.77. The lowest BCUT2D eigenvalue weighted by atomic mass is 10.2. The first-order chi connectivity index (χ1) is 12.3. The number of sulfonamides is 1. The molecule has 10 heteroatoms. The maximum Gasteiger partial charge on any atom is 0.331 e. The predicted molar refractivity (Wildman–Crippen MR) is 89.7 cm³/mol. The van der Waals surface area contributed by atoms with Crippen LogP contribution in [0.1, 0.15) is 25.3 Å². The van der Waals surface area contributed by atoms with Gasteiger partial charge in [-0.25, -0.2) is 13.2 Å². The Morgan fingerprint density at radius 2 is 2.08 bits per heavy atom. The average Bonchev–Trinajstić information content (AvgIpc) is 3.14. The summed E-state index contributed by atoms with van der Waals surface area (Å²) in [5.74, 6) is -1.60. The minimum Gasteiger partial charge on any atom is -0.454 e. The molecule has 2 aliphatic heterocycles. The predicted octanol–water partition coefficient (Wildman–Crippen LogP) is -0.194. The van der Waals surface area contributed by atoms with Crippen molar-refractivity contribution in [1.82, 2.24) is 9.62 Å². The van der Waals surface area contributed by atoms with Crippen molar-refractivity contribution in [3.63, 3.8) is 0 Å². The molecule has 9 nitrogen and oxygen atoms in total. The Morgan fingerprint density at radius 1 is 1.35 bits per heavy atom. The fourth-order valence-electron chi connectivity index (χ4n) is 2.72. The van der Waals surface area contributed by atoms with Crippen LogP contribution < -0.4 is 4.72 Å². The SMILES string of the molecule is C[C@H](N=C1NS(=O)(=O)c2ccccc21)C(=O)OCC(=O)N1CCCC1=O. The Labute approximate surface area is 150 Å². The number of imide groups is 1. The molecule has 2 aliphatic rings. The van der Waals surface area contributed by atoms with Crippen LogP contribution in [0.25, 0.3) is 0 Å². The molecule has 0 bridgehead atoms. The second-order valence-electron chi connectivity index (χ2n) is 5.91. The number of rotatable bonds is 4. The highest BCUT2D eigenvalue weighted by molar-refractivity contribution is 7.90. The minimum absolute atomic E-state index is 0.0473. The molecule has 1 saturated heterocycles. The van der Waals surface area contributed by atoms with Crippen molar-refractivity contribution in [3.8, 4) is 0 Å². The lowest BCUT2D eigenvalue weighted by Gasteiger charge is -2.14. The Bertz CT molecular complexity index is 908. The van der Waals surface area contributed by atoms with Crippen molar-refractivity contribution in [2.45, 2.75) is 30.7 Å². The number of fused-ring (bicyclic) bond motifs is 1. The zero-order chi connectivity index (χ0) is 18.9. The molecule has 0 radical (unpaired) electrons. The van der Waals surface area contributed by atoms with Crippen LogP contribution in [0.4, 0.5) is 0 Å². The number of hydrogen-bond donors (Lipinski definition) is 1. The summed E-state index contributed by atoms with van der Waals surface area (Å²) in [6.07, 6.45) is 0.908. The van der Waals surface area contributed by atoms with Crippen LogP contribution in [0.2, 0.25) is 0 Å². The van der Waals surface area contributed by atoms with Crippen molar-refractivity contribution in [1.29, 1.82) is 0 Å². The number of amides is 2. The Morgan fingerprint density at radius 3 is 2.77 bits per heavy atom. The van der Waals surface area contributed by atoms with E-state index in [2.05, 4.69) is 9.71 Å². The van der Waals surface area contributed by atoms with E-state index in [0.29, 0.717) is 24.9 Å². The number of likely N-dealkylation sites (tertiary alicyclic amines) is 1. The molecule has 0 aliphatic carbocycles. The number of esters is 1. The van der Waals surface area contributed by atoms with Gasteiger partial charge in [-0.1, -0.05) is 12.1 Å². The molecule has 1 aromatic rings. The highest BCUT2D eigenvalue weighted by Crippen LogP contribution is 2.22. The van der Waals surface area contributed by atoms with Gasteiger partial charge in [-0.05, 0) is 25.5 Å². The maximum atomic E-state index is 12.0. The number of amidine groups is 1. The first-order valence-corrected chi connectivity index (χ1v) is 9.48. The van der Waals surface area contributed by atoms with E-state index in [-0.39, 0.29) is 16.6 Å². The number of ether oxygens (including phenoxy) is 1. The molecule has 26 heavy (non-hydrogen) atoms. The van der Waals surface area contributed by atoms with Gasteiger partial charge in [-0.2, -0.15) is 0 Å². The van der Waals surface area contributed by atoms with Gasteiger partial charge >= 0.3 is 5.97 Å². The third-order valence-electron chi connectivity index (χ3n) is 4.04. The number of nitrogens with one attached hydrogen (secondary N) is 1. The summed E-state index contributed by atoms with van der Waals surface area (Å²) in [4.78, 5) is 40.6. The van der Waals surface area contributed by atoms with Gasteiger partial charge in [0, 0.05) is 18.5 Å². The number of aliphatic imine (C=N–C) groups is 1. The van der Waals surface area contributed by atoms with Crippen molar-refractivity contribution in [2.75, 3.05) is 13.2 Å². The fraction of sp³-hybridized carbons (Fsp3) is 0.375. The molecule has 1 aromatic carbocycles. The van der Waals surface area contributed by atoms with E-state index in [0.717, 1.165) is 4.90 Å². The van der Waals surface area contributed by atoms with Gasteiger partial charge in [0.1, 0.15) is 11.9 Å². The number of nitrogens with zero attached hydrogens (tertiary/aromatic N) is 2. The third kappa shape index (κ3) is 3.45. The molecule has 0 spiro atoms. The van der Waals surface area contributed by atoms with Gasteiger partial charge in [-0.15, -0.1) is 0 Å². The molecule has 1 atom stereocenters. The summed E-state index contributed by atoms with van der Waals surface area (Å²) >= 11 is 0. The molecule has 2 amide bonds. The topological polar surface area (TPSA) is 122 Å². The maximum absolute atomic E-state index is 12.0. The summed E-state index contributed by atoms with van der Waals surface area (Å²) in [5.41, 5.74) is 0.367. The lowest BCUT2D eigenvalue weighted by molar-refractivity contribution is -0.155. The van der Waals surface area contributed by atoms with Gasteiger partial charge in [-0.3, -0.25) is 24.2 Å². The van der Waals surface area contributed by atoms with Crippen LogP contribution in [-0.2, 0) is 29.1 Å². The van der Waals surface area contributed by atoms with Crippen molar-refractivity contribution >= 4 is 33.6 Å². The molecule has 0 saturated carbocycles. The summed E-state index contributed by atoms with van der Waals surface area (Å²) in [6.45, 7) is 1.20. The van der Waals surface area contributed by atoms with E-state index in [4.69, 9.17) is 4.74 Å². The minimum atomic E-state index is -3.70. The summed E-state index contributed by atoms with van der Waals surface area (Å²) < 4.78 is 31.2. The summed E-state index contributed by atoms with van der Waals surface area (Å²) in [7, 11) is -3.70. The van der Waals surface area contributed by atoms with Crippen molar-refractivity contribution in [2.24, 2.45) is 4.99 Å². The Hall–Kier alpha value is -2.75. The molecule has 3 rings (SSSR count). The normalized spacial score (nSPS) is 20.6. The zero-order valence-corrected chi connectivity index (χ0v) is 14.8. The number of benzene rings is 1. The quantitative estimate of drug-likeness (QED) is 0.723. The standard InChI is InChI=1S/C16H17N3O6S/c1-10(16(22)25-9-14(21)19-8-4-7-13(19)20)17-15-11-5-2-3-6-12(11)26(23,24)18-15/h2-3,5-6,10H,4,7-9H2,1H3,(H,17,18)/t10-/m0/s1. The fourth-order valence-corrected chi connectivity index (χ4v) is 3.96. The van der Waals surface area contributed by atoms with E-state index in [1.807, 2.05) is 0 Å². The van der Waals surface area contributed by atoms with Crippen LogP contribution in [0.15, 0.2) is 34.2 Å². The highest BCUT2D eigenvalue weighted by Gasteiger charge is 2.32. The second kappa shape index (κ2) is 6.87. The molecule has 0 aromatic heterocycles. The highest BCUT2D eigenvalue weighted by atomic mass is 32.2. The van der Waals surface area contributed by atoms with Gasteiger partial charge in [0.15, 0.2) is 6.61 Å². The number of carbonyl (C=O) groups is 3. The second-order valence-corrected chi connectivity index (χ2v) is 7.56. The molecule has 0 unspecified atom stereocenters. The van der Waals surface area contributed by atoms with Crippen LogP contribution in [0, 0.1) is 0 Å². The van der Waals surface area contributed by atoms with Crippen LogP contribution in [0.3, 0.4) is 0 Å². The van der Waals surface area contributed by atoms with Crippen LogP contribution >= 0.6 is 0 Å². The third-order valence-corrected chi connectivity index (χ3v) is 5.44. The Balaban J connectivity index is 1.65. The van der Waals surface area contributed by atoms with Crippen molar-refractivity contribution < 1.29 is 27.5 Å². The van der Waals surface area contributed by atoms with Crippen molar-refractivity contribution in [3.05, 3.63) is 29.8 Å². The van der Waals surface area contributed by atoms with Crippen LogP contribution in [-0.4, -0.2) is 56.1 Å². The first-order valence-electron chi connectivity index (χ1n) is 7.99. The molecular formula is C16H17N3O6S. The van der Waals surface area contributed by atoms with E-state index < -0.39 is 34.5 Å². The van der Waals surface area contributed by atoms with Gasteiger partial charge in [0.25, 0.3) is 15.9 Å². The molecule has 138 valence electrons. The van der Waals surface area contributed by atoms with Gasteiger partial charge < -0.3 is 4.74 Å². The molecular weight excluding hydrogens is 362 g/mol. The van der Waals surface area contributed by atoms with E-state index in [1.54, 1.807) is 18.2 Å².